The van der Waals surface area contributed by atoms with Crippen LogP contribution in [0.2, 0.25) is 0 Å². The summed E-state index contributed by atoms with van der Waals surface area (Å²) >= 11 is 0. The molecule has 31 heavy (non-hydrogen) atoms. The molecule has 0 spiro atoms. The van der Waals surface area contributed by atoms with Crippen LogP contribution in [0, 0.1) is 5.41 Å². The molecule has 0 heterocycles. The highest BCUT2D eigenvalue weighted by molar-refractivity contribution is 6.19. The van der Waals surface area contributed by atoms with Crippen LogP contribution in [0.15, 0.2) is 91.0 Å². The highest BCUT2D eigenvalue weighted by Crippen LogP contribution is 2.32. The Bertz CT molecular complexity index is 886. The summed E-state index contributed by atoms with van der Waals surface area (Å²) in [6.07, 6.45) is 0.188. The van der Waals surface area contributed by atoms with Gasteiger partial charge in [-0.05, 0) is 42.8 Å². The van der Waals surface area contributed by atoms with Crippen molar-refractivity contribution in [1.29, 1.82) is 0 Å². The third-order valence-electron chi connectivity index (χ3n) is 4.53. The van der Waals surface area contributed by atoms with E-state index in [4.69, 9.17) is 14.2 Å². The fraction of sp³-hybridized carbons (Fsp3) is 0.160. The molecule has 3 rings (SSSR count). The molecule has 0 amide bonds. The maximum atomic E-state index is 13.3. The molecular formula is C25H22O6. The summed E-state index contributed by atoms with van der Waals surface area (Å²) in [6, 6.07) is 24.6. The second kappa shape index (κ2) is 10.2. The minimum Gasteiger partial charge on any atom is -0.425 e. The number of benzene rings is 3. The maximum Gasteiger partial charge on any atom is 0.340 e. The highest BCUT2D eigenvalue weighted by atomic mass is 16.6. The van der Waals surface area contributed by atoms with Gasteiger partial charge >= 0.3 is 17.9 Å². The number of hydrogen-bond donors (Lipinski definition) is 0. The smallest absolute Gasteiger partial charge is 0.340 e. The van der Waals surface area contributed by atoms with Crippen LogP contribution in [0.3, 0.4) is 0 Å². The van der Waals surface area contributed by atoms with E-state index in [1.807, 2.05) is 0 Å². The lowest BCUT2D eigenvalue weighted by Crippen LogP contribution is -2.52. The van der Waals surface area contributed by atoms with Crippen LogP contribution >= 0.6 is 0 Å². The van der Waals surface area contributed by atoms with Crippen LogP contribution in [-0.2, 0) is 14.4 Å². The van der Waals surface area contributed by atoms with Gasteiger partial charge in [0, 0.05) is 0 Å². The van der Waals surface area contributed by atoms with Gasteiger partial charge in [0.25, 0.3) is 5.41 Å². The molecule has 0 fully saturated rings. The zero-order valence-electron chi connectivity index (χ0n) is 17.0. The monoisotopic (exact) mass is 418 g/mol. The second-order valence-corrected chi connectivity index (χ2v) is 6.76. The van der Waals surface area contributed by atoms with Crippen molar-refractivity contribution in [2.45, 2.75) is 19.8 Å². The molecule has 0 N–H and O–H groups in total. The number of hydrogen-bond acceptors (Lipinski definition) is 6. The summed E-state index contributed by atoms with van der Waals surface area (Å²) in [7, 11) is 0. The van der Waals surface area contributed by atoms with Crippen molar-refractivity contribution in [2.24, 2.45) is 5.41 Å². The molecule has 0 atom stereocenters. The molecule has 0 aliphatic rings. The van der Waals surface area contributed by atoms with Crippen LogP contribution in [0.5, 0.6) is 17.2 Å². The lowest BCUT2D eigenvalue weighted by Gasteiger charge is -2.26. The Kier molecular flexibility index (Phi) is 7.17. The predicted molar refractivity (Wildman–Crippen MR) is 114 cm³/mol. The van der Waals surface area contributed by atoms with Crippen LogP contribution in [0.25, 0.3) is 0 Å². The van der Waals surface area contributed by atoms with E-state index in [-0.39, 0.29) is 23.7 Å². The quantitative estimate of drug-likeness (QED) is 0.302. The largest absolute Gasteiger partial charge is 0.425 e. The van der Waals surface area contributed by atoms with Gasteiger partial charge in [-0.2, -0.15) is 0 Å². The van der Waals surface area contributed by atoms with Crippen molar-refractivity contribution in [3.63, 3.8) is 0 Å². The SMILES string of the molecule is CCCC(C(=O)Oc1ccccc1)(C(=O)Oc1ccccc1)C(=O)Oc1ccccc1. The highest BCUT2D eigenvalue weighted by Gasteiger charge is 2.57. The average molecular weight is 418 g/mol. The molecule has 0 unspecified atom stereocenters. The van der Waals surface area contributed by atoms with E-state index in [0.717, 1.165) is 0 Å². The van der Waals surface area contributed by atoms with Gasteiger partial charge in [-0.1, -0.05) is 67.9 Å². The van der Waals surface area contributed by atoms with Gasteiger partial charge < -0.3 is 14.2 Å². The van der Waals surface area contributed by atoms with Crippen LogP contribution in [-0.4, -0.2) is 17.9 Å². The molecule has 6 heteroatoms. The van der Waals surface area contributed by atoms with Crippen LogP contribution in [0.4, 0.5) is 0 Å². The molecule has 0 bridgehead atoms. The summed E-state index contributed by atoms with van der Waals surface area (Å²) in [5.74, 6) is -2.55. The predicted octanol–water partition coefficient (Wildman–Crippen LogP) is 4.59. The van der Waals surface area contributed by atoms with Gasteiger partial charge in [-0.25, -0.2) is 14.4 Å². The first-order chi connectivity index (χ1) is 15.1. The first-order valence-corrected chi connectivity index (χ1v) is 9.88. The van der Waals surface area contributed by atoms with Crippen LogP contribution < -0.4 is 14.2 Å². The lowest BCUT2D eigenvalue weighted by molar-refractivity contribution is -0.172. The average Bonchev–Trinajstić information content (AvgIpc) is 2.79. The van der Waals surface area contributed by atoms with Gasteiger partial charge in [-0.3, -0.25) is 0 Å². The minimum atomic E-state index is -2.30. The number of para-hydroxylation sites is 3. The first-order valence-electron chi connectivity index (χ1n) is 9.88. The molecule has 0 aliphatic heterocycles. The Balaban J connectivity index is 1.98. The minimum absolute atomic E-state index is 0.143. The third kappa shape index (κ3) is 5.17. The molecule has 0 aliphatic carbocycles. The molecule has 158 valence electrons. The molecule has 0 saturated heterocycles. The second-order valence-electron chi connectivity index (χ2n) is 6.76. The van der Waals surface area contributed by atoms with E-state index < -0.39 is 23.3 Å². The topological polar surface area (TPSA) is 78.9 Å². The fourth-order valence-corrected chi connectivity index (χ4v) is 2.98. The Hall–Kier alpha value is -3.93. The van der Waals surface area contributed by atoms with Crippen LogP contribution in [0.1, 0.15) is 19.8 Å². The van der Waals surface area contributed by atoms with Crippen molar-refractivity contribution >= 4 is 17.9 Å². The molecule has 6 nitrogen and oxygen atoms in total. The van der Waals surface area contributed by atoms with E-state index >= 15 is 0 Å². The van der Waals surface area contributed by atoms with Gasteiger partial charge in [-0.15, -0.1) is 0 Å². The summed E-state index contributed by atoms with van der Waals surface area (Å²) in [4.78, 5) is 39.8. The van der Waals surface area contributed by atoms with Crippen molar-refractivity contribution in [1.82, 2.24) is 0 Å². The molecule has 3 aromatic rings. The Morgan fingerprint density at radius 3 is 1.13 bits per heavy atom. The summed E-state index contributed by atoms with van der Waals surface area (Å²) in [5, 5.41) is 0. The number of esters is 3. The van der Waals surface area contributed by atoms with Gasteiger partial charge in [0.1, 0.15) is 17.2 Å². The Labute approximate surface area is 180 Å². The van der Waals surface area contributed by atoms with Gasteiger partial charge in [0.15, 0.2) is 0 Å². The Morgan fingerprint density at radius 1 is 0.581 bits per heavy atom. The van der Waals surface area contributed by atoms with E-state index in [0.29, 0.717) is 6.42 Å². The molecule has 0 saturated carbocycles. The summed E-state index contributed by atoms with van der Waals surface area (Å²) in [6.45, 7) is 1.75. The van der Waals surface area contributed by atoms with E-state index in [1.54, 1.807) is 97.9 Å². The normalized spacial score (nSPS) is 10.7. The zero-order chi connectivity index (χ0) is 22.1. The van der Waals surface area contributed by atoms with Gasteiger partial charge in [0.05, 0.1) is 0 Å². The summed E-state index contributed by atoms with van der Waals surface area (Å²) in [5.41, 5.74) is -2.30. The number of carbonyl (C=O) groups is 3. The standard InChI is InChI=1S/C25H22O6/c1-2-18-25(22(26)29-19-12-6-3-7-13-19,23(27)30-20-14-8-4-9-15-20)24(28)31-21-16-10-5-11-17-21/h3-17H,2,18H2,1H3. The zero-order valence-corrected chi connectivity index (χ0v) is 17.0. The summed E-state index contributed by atoms with van der Waals surface area (Å²) < 4.78 is 16.2. The number of carbonyl (C=O) groups excluding carboxylic acids is 3. The van der Waals surface area contributed by atoms with Gasteiger partial charge in [0.2, 0.25) is 0 Å². The van der Waals surface area contributed by atoms with Crippen molar-refractivity contribution in [3.05, 3.63) is 91.0 Å². The van der Waals surface area contributed by atoms with E-state index in [2.05, 4.69) is 0 Å². The maximum absolute atomic E-state index is 13.3. The Morgan fingerprint density at radius 2 is 0.871 bits per heavy atom. The van der Waals surface area contributed by atoms with E-state index in [9.17, 15) is 14.4 Å². The van der Waals surface area contributed by atoms with Crippen molar-refractivity contribution in [3.8, 4) is 17.2 Å². The molecular weight excluding hydrogens is 396 g/mol. The molecule has 0 aromatic heterocycles. The lowest BCUT2D eigenvalue weighted by atomic mass is 9.83. The number of ether oxygens (including phenoxy) is 3. The van der Waals surface area contributed by atoms with Crippen molar-refractivity contribution in [2.75, 3.05) is 0 Å². The first kappa shape index (κ1) is 21.8. The van der Waals surface area contributed by atoms with E-state index in [1.165, 1.54) is 0 Å². The molecule has 0 radical (unpaired) electrons. The molecule has 3 aromatic carbocycles. The number of rotatable bonds is 8. The van der Waals surface area contributed by atoms with Crippen molar-refractivity contribution < 1.29 is 28.6 Å². The fourth-order valence-electron chi connectivity index (χ4n) is 2.98. The third-order valence-corrected chi connectivity index (χ3v) is 4.53.